The molecule has 5 nitrogen and oxygen atoms in total. The molecule has 7 heteroatoms. The lowest BCUT2D eigenvalue weighted by atomic mass is 10.2. The van der Waals surface area contributed by atoms with Gasteiger partial charge in [0.05, 0.1) is 9.40 Å². The van der Waals surface area contributed by atoms with E-state index < -0.39 is 16.6 Å². The van der Waals surface area contributed by atoms with Crippen LogP contribution in [0.3, 0.4) is 0 Å². The second-order valence-corrected chi connectivity index (χ2v) is 4.74. The fourth-order valence-corrected chi connectivity index (χ4v) is 1.92. The number of anilines is 1. The molecule has 0 fully saturated rings. The third-order valence-corrected chi connectivity index (χ3v) is 3.10. The lowest BCUT2D eigenvalue weighted by Crippen LogP contribution is -2.12. The molecule has 0 unspecified atom stereocenters. The molecule has 0 heterocycles. The fourth-order valence-electron chi connectivity index (χ4n) is 1.54. The molecule has 0 radical (unpaired) electrons. The van der Waals surface area contributed by atoms with E-state index in [1.807, 2.05) is 0 Å². The van der Waals surface area contributed by atoms with Gasteiger partial charge in [-0.1, -0.05) is 6.07 Å². The number of amides is 1. The lowest BCUT2D eigenvalue weighted by Gasteiger charge is -2.05. The Morgan fingerprint density at radius 2 is 2.00 bits per heavy atom. The van der Waals surface area contributed by atoms with Gasteiger partial charge in [-0.25, -0.2) is 4.39 Å². The Kier molecular flexibility index (Phi) is 4.09. The average Bonchev–Trinajstić information content (AvgIpc) is 2.42. The van der Waals surface area contributed by atoms with Crippen LogP contribution in [-0.4, -0.2) is 10.8 Å². The van der Waals surface area contributed by atoms with Crippen molar-refractivity contribution >= 4 is 33.2 Å². The topological polar surface area (TPSA) is 72.2 Å². The van der Waals surface area contributed by atoms with Crippen LogP contribution >= 0.6 is 15.9 Å². The standard InChI is InChI=1S/C13H8BrFN2O3/c14-11-6-8(4-5-12(11)15)13(18)16-9-2-1-3-10(7-9)17(19)20/h1-7H,(H,16,18). The number of hydrogen-bond donors (Lipinski definition) is 1. The summed E-state index contributed by atoms with van der Waals surface area (Å²) in [6, 6.07) is 9.39. The first-order valence-electron chi connectivity index (χ1n) is 5.48. The smallest absolute Gasteiger partial charge is 0.271 e. The van der Waals surface area contributed by atoms with E-state index in [1.165, 1.54) is 36.4 Å². The number of carbonyl (C=O) groups is 1. The molecule has 1 N–H and O–H groups in total. The average molecular weight is 339 g/mol. The number of non-ortho nitro benzene ring substituents is 1. The summed E-state index contributed by atoms with van der Waals surface area (Å²) in [6.07, 6.45) is 0. The first kappa shape index (κ1) is 14.1. The highest BCUT2D eigenvalue weighted by molar-refractivity contribution is 9.10. The summed E-state index contributed by atoms with van der Waals surface area (Å²) in [5, 5.41) is 13.1. The van der Waals surface area contributed by atoms with E-state index in [0.29, 0.717) is 5.69 Å². The first-order valence-corrected chi connectivity index (χ1v) is 6.27. The van der Waals surface area contributed by atoms with Crippen molar-refractivity contribution in [3.05, 3.63) is 68.4 Å². The number of nitro groups is 1. The van der Waals surface area contributed by atoms with Crippen molar-refractivity contribution in [1.29, 1.82) is 0 Å². The SMILES string of the molecule is O=C(Nc1cccc([N+](=O)[O-])c1)c1ccc(F)c(Br)c1. The molecule has 102 valence electrons. The number of rotatable bonds is 3. The predicted octanol–water partition coefficient (Wildman–Crippen LogP) is 3.75. The molecule has 0 aliphatic carbocycles. The lowest BCUT2D eigenvalue weighted by molar-refractivity contribution is -0.384. The van der Waals surface area contributed by atoms with Crippen LogP contribution in [-0.2, 0) is 0 Å². The first-order chi connectivity index (χ1) is 9.47. The van der Waals surface area contributed by atoms with Gasteiger partial charge in [0.25, 0.3) is 11.6 Å². The summed E-state index contributed by atoms with van der Waals surface area (Å²) in [4.78, 5) is 22.0. The molecular weight excluding hydrogens is 331 g/mol. The Morgan fingerprint density at radius 3 is 2.65 bits per heavy atom. The van der Waals surface area contributed by atoms with Crippen molar-refractivity contribution in [2.75, 3.05) is 5.32 Å². The van der Waals surface area contributed by atoms with E-state index >= 15 is 0 Å². The van der Waals surface area contributed by atoms with E-state index in [1.54, 1.807) is 0 Å². The summed E-state index contributed by atoms with van der Waals surface area (Å²) in [5.74, 6) is -0.955. The minimum atomic E-state index is -0.551. The minimum Gasteiger partial charge on any atom is -0.322 e. The van der Waals surface area contributed by atoms with Crippen molar-refractivity contribution in [3.63, 3.8) is 0 Å². The van der Waals surface area contributed by atoms with Crippen molar-refractivity contribution in [1.82, 2.24) is 0 Å². The third kappa shape index (κ3) is 3.18. The highest BCUT2D eigenvalue weighted by Gasteiger charge is 2.11. The minimum absolute atomic E-state index is 0.122. The van der Waals surface area contributed by atoms with Crippen molar-refractivity contribution < 1.29 is 14.1 Å². The Labute approximate surface area is 121 Å². The zero-order valence-electron chi connectivity index (χ0n) is 9.97. The highest BCUT2D eigenvalue weighted by Crippen LogP contribution is 2.20. The van der Waals surface area contributed by atoms with E-state index in [0.717, 1.165) is 6.07 Å². The number of halogens is 2. The van der Waals surface area contributed by atoms with E-state index in [4.69, 9.17) is 0 Å². The van der Waals surface area contributed by atoms with Gasteiger partial charge in [0.2, 0.25) is 0 Å². The van der Waals surface area contributed by atoms with Crippen LogP contribution in [0.4, 0.5) is 15.8 Å². The normalized spacial score (nSPS) is 10.1. The van der Waals surface area contributed by atoms with E-state index in [2.05, 4.69) is 21.2 Å². The van der Waals surface area contributed by atoms with Crippen molar-refractivity contribution in [2.24, 2.45) is 0 Å². The molecule has 0 bridgehead atoms. The second kappa shape index (κ2) is 5.79. The fraction of sp³-hybridized carbons (Fsp3) is 0. The molecule has 2 aromatic carbocycles. The van der Waals surface area contributed by atoms with E-state index in [9.17, 15) is 19.3 Å². The van der Waals surface area contributed by atoms with Gasteiger partial charge in [-0.2, -0.15) is 0 Å². The zero-order valence-corrected chi connectivity index (χ0v) is 11.6. The molecular formula is C13H8BrFN2O3. The Balaban J connectivity index is 2.21. The molecule has 1 amide bonds. The van der Waals surface area contributed by atoms with Crippen LogP contribution in [0, 0.1) is 15.9 Å². The maximum Gasteiger partial charge on any atom is 0.271 e. The summed E-state index contributed by atoms with van der Waals surface area (Å²) >= 11 is 2.99. The summed E-state index contributed by atoms with van der Waals surface area (Å²) < 4.78 is 13.2. The molecule has 0 aromatic heterocycles. The zero-order chi connectivity index (χ0) is 14.7. The summed E-state index contributed by atoms with van der Waals surface area (Å²) in [5.41, 5.74) is 0.414. The molecule has 20 heavy (non-hydrogen) atoms. The maximum absolute atomic E-state index is 13.1. The quantitative estimate of drug-likeness (QED) is 0.684. The van der Waals surface area contributed by atoms with Gasteiger partial charge in [-0.15, -0.1) is 0 Å². The number of carbonyl (C=O) groups excluding carboxylic acids is 1. The van der Waals surface area contributed by atoms with Gasteiger partial charge in [-0.05, 0) is 40.2 Å². The molecule has 0 atom stereocenters. The number of nitrogens with one attached hydrogen (secondary N) is 1. The number of hydrogen-bond acceptors (Lipinski definition) is 3. The molecule has 0 aliphatic heterocycles. The van der Waals surface area contributed by atoms with Gasteiger partial charge in [-0.3, -0.25) is 14.9 Å². The number of nitro benzene ring substituents is 1. The van der Waals surface area contributed by atoms with Gasteiger partial charge in [0.1, 0.15) is 5.82 Å². The molecule has 0 saturated heterocycles. The molecule has 0 saturated carbocycles. The van der Waals surface area contributed by atoms with Crippen LogP contribution in [0.25, 0.3) is 0 Å². The molecule has 0 aliphatic rings. The molecule has 2 rings (SSSR count). The largest absolute Gasteiger partial charge is 0.322 e. The van der Waals surface area contributed by atoms with Crippen LogP contribution in [0.2, 0.25) is 0 Å². The molecule has 2 aromatic rings. The Hall–Kier alpha value is -2.28. The third-order valence-electron chi connectivity index (χ3n) is 2.50. The number of benzene rings is 2. The van der Waals surface area contributed by atoms with Crippen LogP contribution < -0.4 is 5.32 Å². The maximum atomic E-state index is 13.1. The van der Waals surface area contributed by atoms with Gasteiger partial charge in [0.15, 0.2) is 0 Å². The van der Waals surface area contributed by atoms with Crippen molar-refractivity contribution in [3.8, 4) is 0 Å². The van der Waals surface area contributed by atoms with Gasteiger partial charge in [0, 0.05) is 23.4 Å². The summed E-state index contributed by atoms with van der Waals surface area (Å²) in [6.45, 7) is 0. The Morgan fingerprint density at radius 1 is 1.25 bits per heavy atom. The Bertz CT molecular complexity index is 691. The second-order valence-electron chi connectivity index (χ2n) is 3.89. The van der Waals surface area contributed by atoms with Gasteiger partial charge >= 0.3 is 0 Å². The van der Waals surface area contributed by atoms with Crippen LogP contribution in [0.15, 0.2) is 46.9 Å². The highest BCUT2D eigenvalue weighted by atomic mass is 79.9. The molecule has 0 spiro atoms. The van der Waals surface area contributed by atoms with Crippen LogP contribution in [0.1, 0.15) is 10.4 Å². The van der Waals surface area contributed by atoms with Gasteiger partial charge < -0.3 is 5.32 Å². The monoisotopic (exact) mass is 338 g/mol. The predicted molar refractivity (Wildman–Crippen MR) is 75.1 cm³/mol. The van der Waals surface area contributed by atoms with E-state index in [-0.39, 0.29) is 15.7 Å². The number of nitrogens with zero attached hydrogens (tertiary/aromatic N) is 1. The summed E-state index contributed by atoms with van der Waals surface area (Å²) in [7, 11) is 0. The van der Waals surface area contributed by atoms with Crippen LogP contribution in [0.5, 0.6) is 0 Å². The van der Waals surface area contributed by atoms with Crippen molar-refractivity contribution in [2.45, 2.75) is 0 Å².